The van der Waals surface area contributed by atoms with Crippen LogP contribution < -0.4 is 5.73 Å². The lowest BCUT2D eigenvalue weighted by molar-refractivity contribution is -0.143. The van der Waals surface area contributed by atoms with Crippen molar-refractivity contribution < 1.29 is 9.90 Å². The van der Waals surface area contributed by atoms with Gasteiger partial charge in [-0.3, -0.25) is 9.69 Å². The van der Waals surface area contributed by atoms with Crippen LogP contribution >= 0.6 is 0 Å². The quantitative estimate of drug-likeness (QED) is 0.644. The van der Waals surface area contributed by atoms with Crippen molar-refractivity contribution in [1.82, 2.24) is 4.90 Å². The van der Waals surface area contributed by atoms with Crippen molar-refractivity contribution in [3.8, 4) is 6.07 Å². The Balaban J connectivity index is 2.58. The summed E-state index contributed by atoms with van der Waals surface area (Å²) in [6.45, 7) is 1.37. The zero-order valence-corrected chi connectivity index (χ0v) is 8.02. The zero-order valence-electron chi connectivity index (χ0n) is 8.02. The van der Waals surface area contributed by atoms with E-state index in [9.17, 15) is 4.79 Å². The summed E-state index contributed by atoms with van der Waals surface area (Å²) in [5.41, 5.74) is 5.39. The molecule has 0 aromatic carbocycles. The fourth-order valence-electron chi connectivity index (χ4n) is 1.80. The molecule has 1 aliphatic heterocycles. The molecule has 78 valence electrons. The first kappa shape index (κ1) is 11.0. The molecular formula is C9H15N3O2. The fraction of sp³-hybridized carbons (Fsp3) is 0.778. The Bertz CT molecular complexity index is 249. The molecule has 1 fully saturated rings. The van der Waals surface area contributed by atoms with Crippen LogP contribution in [0.25, 0.3) is 0 Å². The van der Waals surface area contributed by atoms with Crippen LogP contribution in [0.2, 0.25) is 0 Å². The summed E-state index contributed by atoms with van der Waals surface area (Å²) in [6.07, 6.45) is 1.74. The lowest BCUT2D eigenvalue weighted by atomic mass is 9.98. The van der Waals surface area contributed by atoms with Crippen molar-refractivity contribution in [1.29, 1.82) is 5.26 Å². The number of aliphatic carboxylic acids is 1. The molecule has 0 aromatic rings. The van der Waals surface area contributed by atoms with Gasteiger partial charge in [0.1, 0.15) is 6.04 Å². The number of nitrogens with two attached hydrogens (primary N) is 1. The van der Waals surface area contributed by atoms with Gasteiger partial charge < -0.3 is 10.8 Å². The van der Waals surface area contributed by atoms with Crippen LogP contribution in [0.15, 0.2) is 0 Å². The Labute approximate surface area is 83.1 Å². The van der Waals surface area contributed by atoms with Gasteiger partial charge in [-0.05, 0) is 19.4 Å². The Morgan fingerprint density at radius 1 is 1.79 bits per heavy atom. The molecule has 0 spiro atoms. The van der Waals surface area contributed by atoms with Gasteiger partial charge in [-0.1, -0.05) is 0 Å². The monoisotopic (exact) mass is 197 g/mol. The molecule has 1 heterocycles. The van der Waals surface area contributed by atoms with E-state index in [1.165, 1.54) is 0 Å². The molecular weight excluding hydrogens is 182 g/mol. The molecule has 0 aromatic heterocycles. The summed E-state index contributed by atoms with van der Waals surface area (Å²) < 4.78 is 0. The van der Waals surface area contributed by atoms with Gasteiger partial charge in [-0.25, -0.2) is 0 Å². The van der Waals surface area contributed by atoms with E-state index in [0.29, 0.717) is 6.54 Å². The van der Waals surface area contributed by atoms with Crippen LogP contribution in [0.1, 0.15) is 12.8 Å². The fourth-order valence-corrected chi connectivity index (χ4v) is 1.80. The second-order valence-corrected chi connectivity index (χ2v) is 3.55. The van der Waals surface area contributed by atoms with E-state index < -0.39 is 12.0 Å². The molecule has 3 N–H and O–H groups in total. The molecule has 1 saturated heterocycles. The van der Waals surface area contributed by atoms with Gasteiger partial charge in [0.25, 0.3) is 0 Å². The number of piperidine rings is 1. The number of carbonyl (C=O) groups is 1. The van der Waals surface area contributed by atoms with Gasteiger partial charge in [-0.15, -0.1) is 0 Å². The minimum atomic E-state index is -0.897. The van der Waals surface area contributed by atoms with Crippen LogP contribution in [-0.2, 0) is 4.79 Å². The largest absolute Gasteiger partial charge is 0.480 e. The highest BCUT2D eigenvalue weighted by atomic mass is 16.4. The molecule has 0 aliphatic carbocycles. The maximum atomic E-state index is 10.8. The van der Waals surface area contributed by atoms with Crippen LogP contribution in [-0.4, -0.2) is 41.7 Å². The zero-order chi connectivity index (χ0) is 10.6. The van der Waals surface area contributed by atoms with Crippen molar-refractivity contribution in [2.45, 2.75) is 18.9 Å². The smallest absolute Gasteiger partial charge is 0.322 e. The second kappa shape index (κ2) is 4.94. The SMILES string of the molecule is N#CC1CCCN(C(CN)C(=O)O)C1. The van der Waals surface area contributed by atoms with Gasteiger partial charge in [0.05, 0.1) is 12.0 Å². The van der Waals surface area contributed by atoms with E-state index in [2.05, 4.69) is 6.07 Å². The highest BCUT2D eigenvalue weighted by Crippen LogP contribution is 2.17. The predicted octanol–water partition coefficient (Wildman–Crippen LogP) is -0.366. The van der Waals surface area contributed by atoms with Crippen LogP contribution in [0, 0.1) is 17.2 Å². The van der Waals surface area contributed by atoms with Crippen molar-refractivity contribution in [2.24, 2.45) is 11.7 Å². The van der Waals surface area contributed by atoms with Crippen LogP contribution in [0.4, 0.5) is 0 Å². The molecule has 1 rings (SSSR count). The van der Waals surface area contributed by atoms with Crippen molar-refractivity contribution in [3.63, 3.8) is 0 Å². The highest BCUT2D eigenvalue weighted by Gasteiger charge is 2.29. The van der Waals surface area contributed by atoms with Crippen LogP contribution in [0.5, 0.6) is 0 Å². The maximum absolute atomic E-state index is 10.8. The van der Waals surface area contributed by atoms with Gasteiger partial charge in [0.2, 0.25) is 0 Å². The third-order valence-corrected chi connectivity index (χ3v) is 2.58. The highest BCUT2D eigenvalue weighted by molar-refractivity contribution is 5.73. The summed E-state index contributed by atoms with van der Waals surface area (Å²) in [6, 6.07) is 1.54. The normalized spacial score (nSPS) is 25.3. The molecule has 2 atom stereocenters. The van der Waals surface area contributed by atoms with E-state index in [1.807, 2.05) is 0 Å². The predicted molar refractivity (Wildman–Crippen MR) is 50.4 cm³/mol. The number of likely N-dealkylation sites (tertiary alicyclic amines) is 1. The molecule has 0 radical (unpaired) electrons. The molecule has 2 unspecified atom stereocenters. The van der Waals surface area contributed by atoms with E-state index >= 15 is 0 Å². The standard InChI is InChI=1S/C9H15N3O2/c10-4-7-2-1-3-12(6-7)8(5-11)9(13)14/h7-8H,1-3,5-6,11H2,(H,13,14). The van der Waals surface area contributed by atoms with E-state index in [1.54, 1.807) is 4.90 Å². The number of nitrogens with zero attached hydrogens (tertiary/aromatic N) is 2. The Kier molecular flexibility index (Phi) is 3.86. The van der Waals surface area contributed by atoms with Crippen molar-refractivity contribution in [3.05, 3.63) is 0 Å². The summed E-state index contributed by atoms with van der Waals surface area (Å²) in [5, 5.41) is 17.6. The summed E-state index contributed by atoms with van der Waals surface area (Å²) in [7, 11) is 0. The number of nitriles is 1. The van der Waals surface area contributed by atoms with Gasteiger partial charge in [0.15, 0.2) is 0 Å². The van der Waals surface area contributed by atoms with Crippen LogP contribution in [0.3, 0.4) is 0 Å². The average molecular weight is 197 g/mol. The lowest BCUT2D eigenvalue weighted by Gasteiger charge is -2.33. The Morgan fingerprint density at radius 2 is 2.50 bits per heavy atom. The Hall–Kier alpha value is -1.12. The number of rotatable bonds is 3. The van der Waals surface area contributed by atoms with E-state index in [0.717, 1.165) is 19.4 Å². The molecule has 0 amide bonds. The third kappa shape index (κ3) is 2.44. The second-order valence-electron chi connectivity index (χ2n) is 3.55. The molecule has 5 heteroatoms. The summed E-state index contributed by atoms with van der Waals surface area (Å²) >= 11 is 0. The van der Waals surface area contributed by atoms with Gasteiger partial charge >= 0.3 is 5.97 Å². The van der Waals surface area contributed by atoms with E-state index in [4.69, 9.17) is 16.1 Å². The third-order valence-electron chi connectivity index (χ3n) is 2.58. The van der Waals surface area contributed by atoms with Gasteiger partial charge in [0, 0.05) is 13.1 Å². The molecule has 1 aliphatic rings. The summed E-state index contributed by atoms with van der Waals surface area (Å²) in [4.78, 5) is 12.6. The first-order valence-electron chi connectivity index (χ1n) is 4.75. The van der Waals surface area contributed by atoms with E-state index in [-0.39, 0.29) is 12.5 Å². The number of hydrogen-bond acceptors (Lipinski definition) is 4. The molecule has 0 saturated carbocycles. The molecule has 5 nitrogen and oxygen atoms in total. The number of carboxylic acid groups (broad SMARTS) is 1. The molecule has 14 heavy (non-hydrogen) atoms. The average Bonchev–Trinajstić information content (AvgIpc) is 2.19. The maximum Gasteiger partial charge on any atom is 0.322 e. The molecule has 0 bridgehead atoms. The number of hydrogen-bond donors (Lipinski definition) is 2. The first-order chi connectivity index (χ1) is 6.69. The van der Waals surface area contributed by atoms with Crippen molar-refractivity contribution >= 4 is 5.97 Å². The minimum Gasteiger partial charge on any atom is -0.480 e. The topological polar surface area (TPSA) is 90.4 Å². The minimum absolute atomic E-state index is 0.0443. The Morgan fingerprint density at radius 3 is 3.00 bits per heavy atom. The number of carboxylic acids is 1. The first-order valence-corrected chi connectivity index (χ1v) is 4.75. The van der Waals surface area contributed by atoms with Gasteiger partial charge in [-0.2, -0.15) is 5.26 Å². The summed E-state index contributed by atoms with van der Waals surface area (Å²) in [5.74, 6) is -0.941. The lowest BCUT2D eigenvalue weighted by Crippen LogP contribution is -2.50. The van der Waals surface area contributed by atoms with Crippen molar-refractivity contribution in [2.75, 3.05) is 19.6 Å².